The van der Waals surface area contributed by atoms with Gasteiger partial charge in [0, 0.05) is 30.8 Å². The molecule has 0 saturated carbocycles. The summed E-state index contributed by atoms with van der Waals surface area (Å²) in [6.45, 7) is 2.66. The maximum absolute atomic E-state index is 12.2. The molecule has 2 rings (SSSR count). The number of nitrogens with one attached hydrogen (secondary N) is 2. The van der Waals surface area contributed by atoms with Crippen molar-refractivity contribution in [1.82, 2.24) is 10.3 Å². The van der Waals surface area contributed by atoms with Crippen LogP contribution in [-0.2, 0) is 17.8 Å². The van der Waals surface area contributed by atoms with Gasteiger partial charge in [-0.05, 0) is 42.2 Å². The Labute approximate surface area is 148 Å². The van der Waals surface area contributed by atoms with Crippen LogP contribution in [0.2, 0.25) is 0 Å². The van der Waals surface area contributed by atoms with Crippen LogP contribution >= 0.6 is 0 Å². The Bertz CT molecular complexity index is 746. The molecule has 2 aromatic rings. The molecule has 2 N–H and O–H groups in total. The molecule has 128 valence electrons. The third-order valence-electron chi connectivity index (χ3n) is 3.67. The lowest BCUT2D eigenvalue weighted by molar-refractivity contribution is -0.112. The Morgan fingerprint density at radius 3 is 2.68 bits per heavy atom. The van der Waals surface area contributed by atoms with Crippen LogP contribution in [0.3, 0.4) is 0 Å². The van der Waals surface area contributed by atoms with E-state index in [0.29, 0.717) is 12.2 Å². The topological polar surface area (TPSA) is 77.8 Å². The van der Waals surface area contributed by atoms with E-state index in [2.05, 4.69) is 22.5 Å². The van der Waals surface area contributed by atoms with E-state index in [-0.39, 0.29) is 5.57 Å². The number of anilines is 1. The largest absolute Gasteiger partial charge is 0.386 e. The lowest BCUT2D eigenvalue weighted by atomic mass is 10.1. The normalized spacial score (nSPS) is 10.8. The van der Waals surface area contributed by atoms with Gasteiger partial charge in [-0.25, -0.2) is 0 Å². The molecule has 0 fully saturated rings. The average molecular weight is 334 g/mol. The van der Waals surface area contributed by atoms with Crippen LogP contribution in [0, 0.1) is 11.3 Å². The van der Waals surface area contributed by atoms with Crippen LogP contribution in [0.4, 0.5) is 5.69 Å². The molecule has 0 bridgehead atoms. The van der Waals surface area contributed by atoms with Crippen molar-refractivity contribution in [2.75, 3.05) is 5.32 Å². The van der Waals surface area contributed by atoms with E-state index in [9.17, 15) is 10.1 Å². The van der Waals surface area contributed by atoms with Gasteiger partial charge in [0.15, 0.2) is 0 Å². The number of nitrogens with zero attached hydrogens (tertiary/aromatic N) is 2. The molecule has 0 radical (unpaired) electrons. The number of aromatic nitrogens is 1. The van der Waals surface area contributed by atoms with E-state index in [1.807, 2.05) is 42.5 Å². The van der Waals surface area contributed by atoms with Crippen molar-refractivity contribution >= 4 is 11.6 Å². The average Bonchev–Trinajstić information content (AvgIpc) is 2.65. The summed E-state index contributed by atoms with van der Waals surface area (Å²) in [5.41, 5.74) is 2.92. The van der Waals surface area contributed by atoms with Gasteiger partial charge in [-0.15, -0.1) is 0 Å². The van der Waals surface area contributed by atoms with Crippen molar-refractivity contribution in [1.29, 1.82) is 5.26 Å². The quantitative estimate of drug-likeness (QED) is 0.571. The molecule has 0 saturated heterocycles. The summed E-state index contributed by atoms with van der Waals surface area (Å²) >= 11 is 0. The van der Waals surface area contributed by atoms with Crippen LogP contribution in [0.25, 0.3) is 0 Å². The molecule has 1 aromatic carbocycles. The molecule has 5 heteroatoms. The minimum Gasteiger partial charge on any atom is -0.386 e. The highest BCUT2D eigenvalue weighted by Gasteiger charge is 2.09. The number of carbonyl (C=O) groups excluding carboxylic acids is 1. The molecule has 5 nitrogen and oxygen atoms in total. The molecular formula is C20H22N4O. The molecule has 1 aromatic heterocycles. The number of unbranched alkanes of at least 4 members (excludes halogenated alkanes) is 1. The minimum atomic E-state index is -0.428. The third kappa shape index (κ3) is 6.11. The maximum Gasteiger partial charge on any atom is 0.267 e. The first kappa shape index (κ1) is 18.2. The Morgan fingerprint density at radius 2 is 2.04 bits per heavy atom. The van der Waals surface area contributed by atoms with E-state index in [1.165, 1.54) is 11.8 Å². The lowest BCUT2D eigenvalue weighted by Gasteiger charge is -2.06. The summed E-state index contributed by atoms with van der Waals surface area (Å²) in [4.78, 5) is 16.2. The number of benzene rings is 1. The molecule has 1 amide bonds. The molecule has 0 aliphatic carbocycles. The number of nitriles is 1. The van der Waals surface area contributed by atoms with E-state index < -0.39 is 5.91 Å². The van der Waals surface area contributed by atoms with Crippen molar-refractivity contribution in [3.05, 3.63) is 71.7 Å². The minimum absolute atomic E-state index is 0.0268. The van der Waals surface area contributed by atoms with E-state index in [0.717, 1.165) is 24.8 Å². The highest BCUT2D eigenvalue weighted by molar-refractivity contribution is 6.06. The van der Waals surface area contributed by atoms with Crippen LogP contribution in [0.1, 0.15) is 30.9 Å². The fourth-order valence-electron chi connectivity index (χ4n) is 2.26. The zero-order valence-electron chi connectivity index (χ0n) is 14.3. The van der Waals surface area contributed by atoms with Crippen LogP contribution < -0.4 is 10.6 Å². The molecule has 25 heavy (non-hydrogen) atoms. The second-order valence-corrected chi connectivity index (χ2v) is 5.67. The molecule has 0 atom stereocenters. The van der Waals surface area contributed by atoms with Crippen molar-refractivity contribution in [2.24, 2.45) is 0 Å². The van der Waals surface area contributed by atoms with Crippen molar-refractivity contribution < 1.29 is 4.79 Å². The summed E-state index contributed by atoms with van der Waals surface area (Å²) in [6, 6.07) is 13.4. The van der Waals surface area contributed by atoms with Crippen LogP contribution in [-0.4, -0.2) is 10.9 Å². The molecule has 0 aliphatic heterocycles. The van der Waals surface area contributed by atoms with Gasteiger partial charge < -0.3 is 10.6 Å². The van der Waals surface area contributed by atoms with Gasteiger partial charge in [0.2, 0.25) is 0 Å². The number of hydrogen-bond donors (Lipinski definition) is 2. The van der Waals surface area contributed by atoms with Gasteiger partial charge in [0.1, 0.15) is 11.6 Å². The van der Waals surface area contributed by atoms with Gasteiger partial charge in [-0.2, -0.15) is 5.26 Å². The Morgan fingerprint density at radius 1 is 1.24 bits per heavy atom. The van der Waals surface area contributed by atoms with Crippen LogP contribution in [0.5, 0.6) is 0 Å². The number of amides is 1. The van der Waals surface area contributed by atoms with E-state index in [4.69, 9.17) is 0 Å². The summed E-state index contributed by atoms with van der Waals surface area (Å²) in [5.74, 6) is -0.428. The fraction of sp³-hybridized carbons (Fsp3) is 0.250. The number of pyridine rings is 1. The van der Waals surface area contributed by atoms with E-state index >= 15 is 0 Å². The molecule has 0 unspecified atom stereocenters. The fourth-order valence-corrected chi connectivity index (χ4v) is 2.26. The first-order valence-electron chi connectivity index (χ1n) is 8.35. The molecular weight excluding hydrogens is 312 g/mol. The van der Waals surface area contributed by atoms with Crippen molar-refractivity contribution in [2.45, 2.75) is 32.7 Å². The second kappa shape index (κ2) is 9.89. The second-order valence-electron chi connectivity index (χ2n) is 5.67. The first-order chi connectivity index (χ1) is 12.2. The van der Waals surface area contributed by atoms with Gasteiger partial charge in [0.05, 0.1) is 0 Å². The summed E-state index contributed by atoms with van der Waals surface area (Å²) in [5, 5.41) is 14.9. The molecule has 0 aliphatic rings. The predicted octanol–water partition coefficient (Wildman–Crippen LogP) is 3.56. The highest BCUT2D eigenvalue weighted by Crippen LogP contribution is 2.12. The zero-order valence-corrected chi connectivity index (χ0v) is 14.3. The van der Waals surface area contributed by atoms with Gasteiger partial charge in [-0.3, -0.25) is 9.78 Å². The third-order valence-corrected chi connectivity index (χ3v) is 3.67. The summed E-state index contributed by atoms with van der Waals surface area (Å²) in [6.07, 6.45) is 8.19. The van der Waals surface area contributed by atoms with Gasteiger partial charge in [-0.1, -0.05) is 31.5 Å². The standard InChI is InChI=1S/C20H22N4O/c1-2-3-5-16-7-9-19(10-8-16)24-20(25)18(12-21)15-23-14-17-6-4-11-22-13-17/h4,6-11,13,15,23H,2-3,5,14H2,1H3,(H,24,25)/b18-15-. The smallest absolute Gasteiger partial charge is 0.267 e. The summed E-state index contributed by atoms with van der Waals surface area (Å²) < 4.78 is 0. The van der Waals surface area contributed by atoms with Gasteiger partial charge in [0.25, 0.3) is 5.91 Å². The monoisotopic (exact) mass is 334 g/mol. The summed E-state index contributed by atoms with van der Waals surface area (Å²) in [7, 11) is 0. The predicted molar refractivity (Wildman–Crippen MR) is 98.5 cm³/mol. The Kier molecular flexibility index (Phi) is 7.20. The highest BCUT2D eigenvalue weighted by atomic mass is 16.1. The van der Waals surface area contributed by atoms with Crippen molar-refractivity contribution in [3.8, 4) is 6.07 Å². The maximum atomic E-state index is 12.2. The Balaban J connectivity index is 1.90. The first-order valence-corrected chi connectivity index (χ1v) is 8.35. The lowest BCUT2D eigenvalue weighted by Crippen LogP contribution is -2.16. The SMILES string of the molecule is CCCCc1ccc(NC(=O)/C(C#N)=C\NCc2cccnc2)cc1. The van der Waals surface area contributed by atoms with Gasteiger partial charge >= 0.3 is 0 Å². The molecule has 0 spiro atoms. The van der Waals surface area contributed by atoms with E-state index in [1.54, 1.807) is 12.4 Å². The number of rotatable bonds is 8. The molecule has 1 heterocycles. The van der Waals surface area contributed by atoms with Crippen molar-refractivity contribution in [3.63, 3.8) is 0 Å². The van der Waals surface area contributed by atoms with Crippen LogP contribution in [0.15, 0.2) is 60.6 Å². The zero-order chi connectivity index (χ0) is 17.9. The Hall–Kier alpha value is -3.13. The number of aryl methyl sites for hydroxylation is 1. The number of carbonyl (C=O) groups is 1. The number of hydrogen-bond acceptors (Lipinski definition) is 4.